The Morgan fingerprint density at radius 2 is 1.79 bits per heavy atom. The van der Waals surface area contributed by atoms with Gasteiger partial charge in [-0.2, -0.15) is 0 Å². The number of piperidine rings is 1. The van der Waals surface area contributed by atoms with Crippen LogP contribution < -0.4 is 10.3 Å². The van der Waals surface area contributed by atoms with Crippen LogP contribution in [0.1, 0.15) is 44.2 Å². The second-order valence-corrected chi connectivity index (χ2v) is 9.32. The van der Waals surface area contributed by atoms with E-state index in [4.69, 9.17) is 4.74 Å². The molecule has 5 rings (SSSR count). The number of aromatic nitrogens is 2. The van der Waals surface area contributed by atoms with Crippen LogP contribution in [0.2, 0.25) is 0 Å². The normalized spacial score (nSPS) is 20.5. The SMILES string of the molecule is COc1ccc(-n2c(=O)c(CCC(=O)N3CC[C@@H]4CCCC[C@H]4C3)nc3ccccc32)cc1. The van der Waals surface area contributed by atoms with Crippen LogP contribution >= 0.6 is 0 Å². The number of rotatable bonds is 5. The fraction of sp³-hybridized carbons (Fsp3) is 0.444. The molecule has 2 fully saturated rings. The largest absolute Gasteiger partial charge is 0.497 e. The lowest BCUT2D eigenvalue weighted by molar-refractivity contribution is -0.134. The topological polar surface area (TPSA) is 64.4 Å². The Balaban J connectivity index is 1.38. The fourth-order valence-electron chi connectivity index (χ4n) is 5.54. The molecule has 2 aliphatic rings. The number of benzene rings is 2. The fourth-order valence-corrected chi connectivity index (χ4v) is 5.54. The highest BCUT2D eigenvalue weighted by Gasteiger charge is 2.32. The van der Waals surface area contributed by atoms with Gasteiger partial charge in [-0.05, 0) is 61.1 Å². The molecule has 0 N–H and O–H groups in total. The third kappa shape index (κ3) is 4.39. The molecule has 2 aromatic carbocycles. The standard InChI is InChI=1S/C27H31N3O3/c1-33-22-12-10-21(11-13-22)30-25-9-5-4-8-23(25)28-24(27(30)32)14-15-26(31)29-17-16-19-6-2-3-7-20(19)18-29/h4-5,8-13,19-20H,2-3,6-7,14-18H2,1H3/t19-,20-/m0/s1. The zero-order chi connectivity index (χ0) is 22.8. The highest BCUT2D eigenvalue weighted by atomic mass is 16.5. The van der Waals surface area contributed by atoms with Crippen molar-refractivity contribution in [3.63, 3.8) is 0 Å². The summed E-state index contributed by atoms with van der Waals surface area (Å²) < 4.78 is 6.95. The molecule has 2 heterocycles. The van der Waals surface area contributed by atoms with Gasteiger partial charge in [0.05, 0.1) is 18.1 Å². The summed E-state index contributed by atoms with van der Waals surface area (Å²) in [5.74, 6) is 2.33. The van der Waals surface area contributed by atoms with Crippen molar-refractivity contribution in [2.45, 2.75) is 44.9 Å². The van der Waals surface area contributed by atoms with Gasteiger partial charge < -0.3 is 9.64 Å². The van der Waals surface area contributed by atoms with E-state index in [2.05, 4.69) is 4.98 Å². The van der Waals surface area contributed by atoms with Crippen molar-refractivity contribution in [1.29, 1.82) is 0 Å². The first-order valence-electron chi connectivity index (χ1n) is 12.1. The van der Waals surface area contributed by atoms with Crippen LogP contribution in [0.4, 0.5) is 0 Å². The van der Waals surface area contributed by atoms with E-state index >= 15 is 0 Å². The Kier molecular flexibility index (Phi) is 6.16. The summed E-state index contributed by atoms with van der Waals surface area (Å²) >= 11 is 0. The predicted octanol–water partition coefficient (Wildman–Crippen LogP) is 4.37. The number of likely N-dealkylation sites (tertiary alicyclic amines) is 1. The minimum atomic E-state index is -0.169. The summed E-state index contributed by atoms with van der Waals surface area (Å²) in [5, 5.41) is 0. The van der Waals surface area contributed by atoms with E-state index in [1.807, 2.05) is 53.4 Å². The van der Waals surface area contributed by atoms with Crippen LogP contribution in [0.3, 0.4) is 0 Å². The average Bonchev–Trinajstić information content (AvgIpc) is 2.87. The number of carbonyl (C=O) groups excluding carboxylic acids is 1. The van der Waals surface area contributed by atoms with Crippen molar-refractivity contribution in [2.75, 3.05) is 20.2 Å². The summed E-state index contributed by atoms with van der Waals surface area (Å²) in [6.07, 6.45) is 6.98. The monoisotopic (exact) mass is 445 g/mol. The van der Waals surface area contributed by atoms with Crippen LogP contribution in [0.5, 0.6) is 5.75 Å². The molecular formula is C27H31N3O3. The van der Waals surface area contributed by atoms with E-state index in [9.17, 15) is 9.59 Å². The van der Waals surface area contributed by atoms with Crippen LogP contribution in [-0.2, 0) is 11.2 Å². The van der Waals surface area contributed by atoms with E-state index in [1.54, 1.807) is 11.7 Å². The average molecular weight is 446 g/mol. The number of aryl methyl sites for hydroxylation is 1. The van der Waals surface area contributed by atoms with E-state index in [0.717, 1.165) is 47.9 Å². The zero-order valence-corrected chi connectivity index (χ0v) is 19.2. The first-order valence-corrected chi connectivity index (χ1v) is 12.1. The van der Waals surface area contributed by atoms with Gasteiger partial charge in [-0.1, -0.05) is 31.4 Å². The van der Waals surface area contributed by atoms with Crippen LogP contribution in [0.25, 0.3) is 16.7 Å². The molecule has 0 radical (unpaired) electrons. The minimum absolute atomic E-state index is 0.143. The number of methoxy groups -OCH3 is 1. The highest BCUT2D eigenvalue weighted by Crippen LogP contribution is 2.36. The molecule has 0 unspecified atom stereocenters. The van der Waals surface area contributed by atoms with Crippen molar-refractivity contribution in [2.24, 2.45) is 11.8 Å². The van der Waals surface area contributed by atoms with Gasteiger partial charge in [0.25, 0.3) is 5.56 Å². The van der Waals surface area contributed by atoms with Crippen LogP contribution in [0, 0.1) is 11.8 Å². The Morgan fingerprint density at radius 1 is 1.03 bits per heavy atom. The van der Waals surface area contributed by atoms with E-state index < -0.39 is 0 Å². The number of amides is 1. The quantitative estimate of drug-likeness (QED) is 0.585. The Morgan fingerprint density at radius 3 is 2.58 bits per heavy atom. The van der Waals surface area contributed by atoms with Gasteiger partial charge in [-0.15, -0.1) is 0 Å². The molecule has 2 atom stereocenters. The van der Waals surface area contributed by atoms with Crippen LogP contribution in [0.15, 0.2) is 53.3 Å². The first-order chi connectivity index (χ1) is 16.1. The number of para-hydroxylation sites is 2. The molecule has 0 bridgehead atoms. The maximum absolute atomic E-state index is 13.5. The Hall–Kier alpha value is -3.15. The van der Waals surface area contributed by atoms with Gasteiger partial charge in [0.1, 0.15) is 11.4 Å². The van der Waals surface area contributed by atoms with Crippen molar-refractivity contribution >= 4 is 16.9 Å². The van der Waals surface area contributed by atoms with E-state index in [1.165, 1.54) is 25.7 Å². The number of hydrogen-bond donors (Lipinski definition) is 0. The molecule has 1 amide bonds. The summed E-state index contributed by atoms with van der Waals surface area (Å²) in [5.41, 5.74) is 2.52. The molecule has 0 spiro atoms. The van der Waals surface area contributed by atoms with Crippen molar-refractivity contribution in [3.05, 3.63) is 64.6 Å². The van der Waals surface area contributed by atoms with Gasteiger partial charge in [-0.25, -0.2) is 4.98 Å². The minimum Gasteiger partial charge on any atom is -0.497 e. The molecule has 6 heteroatoms. The molecule has 172 valence electrons. The van der Waals surface area contributed by atoms with Gasteiger partial charge in [0, 0.05) is 31.6 Å². The molecule has 1 saturated heterocycles. The van der Waals surface area contributed by atoms with Gasteiger partial charge >= 0.3 is 0 Å². The Labute approximate surface area is 194 Å². The lowest BCUT2D eigenvalue weighted by Gasteiger charge is -2.41. The molecule has 1 aromatic heterocycles. The third-order valence-corrected chi connectivity index (χ3v) is 7.38. The number of carbonyl (C=O) groups is 1. The number of nitrogens with zero attached hydrogens (tertiary/aromatic N) is 3. The smallest absolute Gasteiger partial charge is 0.277 e. The summed E-state index contributed by atoms with van der Waals surface area (Å²) in [6, 6.07) is 15.1. The van der Waals surface area contributed by atoms with Gasteiger partial charge in [0.2, 0.25) is 5.91 Å². The maximum atomic E-state index is 13.5. The lowest BCUT2D eigenvalue weighted by Crippen LogP contribution is -2.45. The van der Waals surface area contributed by atoms with E-state index in [-0.39, 0.29) is 11.5 Å². The molecule has 1 aliphatic carbocycles. The molecule has 1 aliphatic heterocycles. The second kappa shape index (κ2) is 9.38. The number of ether oxygens (including phenoxy) is 1. The summed E-state index contributed by atoms with van der Waals surface area (Å²) in [6.45, 7) is 1.73. The lowest BCUT2D eigenvalue weighted by atomic mass is 9.75. The summed E-state index contributed by atoms with van der Waals surface area (Å²) in [4.78, 5) is 33.2. The molecule has 6 nitrogen and oxygen atoms in total. The van der Waals surface area contributed by atoms with E-state index in [0.29, 0.717) is 24.5 Å². The molecular weight excluding hydrogens is 414 g/mol. The predicted molar refractivity (Wildman–Crippen MR) is 129 cm³/mol. The van der Waals surface area contributed by atoms with Crippen molar-refractivity contribution in [3.8, 4) is 11.4 Å². The third-order valence-electron chi connectivity index (χ3n) is 7.38. The first kappa shape index (κ1) is 21.7. The van der Waals surface area contributed by atoms with Crippen molar-refractivity contribution < 1.29 is 9.53 Å². The van der Waals surface area contributed by atoms with Gasteiger partial charge in [0.15, 0.2) is 0 Å². The van der Waals surface area contributed by atoms with Crippen molar-refractivity contribution in [1.82, 2.24) is 14.5 Å². The van der Waals surface area contributed by atoms with Gasteiger partial charge in [-0.3, -0.25) is 14.2 Å². The highest BCUT2D eigenvalue weighted by molar-refractivity contribution is 5.78. The Bertz CT molecular complexity index is 1200. The maximum Gasteiger partial charge on any atom is 0.277 e. The second-order valence-electron chi connectivity index (χ2n) is 9.32. The molecule has 1 saturated carbocycles. The summed E-state index contributed by atoms with van der Waals surface area (Å²) in [7, 11) is 1.62. The number of fused-ring (bicyclic) bond motifs is 2. The zero-order valence-electron chi connectivity index (χ0n) is 19.2. The molecule has 3 aromatic rings. The molecule has 33 heavy (non-hydrogen) atoms. The van der Waals surface area contributed by atoms with Crippen LogP contribution in [-0.4, -0.2) is 40.6 Å². The number of hydrogen-bond acceptors (Lipinski definition) is 4.